The molecule has 1 unspecified atom stereocenters. The Bertz CT molecular complexity index is 1200. The monoisotopic (exact) mass is 411 g/mol. The van der Waals surface area contributed by atoms with Crippen LogP contribution in [0.2, 0.25) is 0 Å². The Hall–Kier alpha value is -3.73. The smallest absolute Gasteiger partial charge is 0.254 e. The summed E-state index contributed by atoms with van der Waals surface area (Å²) in [6, 6.07) is 23.8. The van der Waals surface area contributed by atoms with Gasteiger partial charge in [-0.05, 0) is 60.4 Å². The molecule has 0 aliphatic carbocycles. The molecule has 0 saturated carbocycles. The number of carbonyl (C=O) groups is 1. The number of amides is 1. The second kappa shape index (κ2) is 8.56. The van der Waals surface area contributed by atoms with Crippen LogP contribution in [0.5, 0.6) is 0 Å². The molecule has 4 aromatic rings. The maximum atomic E-state index is 13.0. The minimum atomic E-state index is -0.00911. The highest BCUT2D eigenvalue weighted by molar-refractivity contribution is 5.95. The first-order valence-corrected chi connectivity index (χ1v) is 10.3. The lowest BCUT2D eigenvalue weighted by Crippen LogP contribution is -2.29. The standard InChI is InChI=1S/C26H25N3O2/c1-17-10-11-23(25-28-27-19(3)31-25)16-24(17)21-12-14-22(15-13-21)26(30)29(4)18(2)20-8-6-5-7-9-20/h5-16,18H,1-4H3. The van der Waals surface area contributed by atoms with Crippen molar-refractivity contribution in [1.29, 1.82) is 0 Å². The molecule has 0 radical (unpaired) electrons. The topological polar surface area (TPSA) is 59.2 Å². The van der Waals surface area contributed by atoms with Crippen molar-refractivity contribution < 1.29 is 9.21 Å². The lowest BCUT2D eigenvalue weighted by molar-refractivity contribution is 0.0742. The van der Waals surface area contributed by atoms with Crippen molar-refractivity contribution in [2.45, 2.75) is 26.8 Å². The largest absolute Gasteiger partial charge is 0.421 e. The van der Waals surface area contributed by atoms with Crippen molar-refractivity contribution in [3.63, 3.8) is 0 Å². The predicted molar refractivity (Wildman–Crippen MR) is 122 cm³/mol. The third-order valence-electron chi connectivity index (χ3n) is 5.64. The van der Waals surface area contributed by atoms with Crippen molar-refractivity contribution in [1.82, 2.24) is 15.1 Å². The molecule has 5 heteroatoms. The molecule has 0 aliphatic rings. The van der Waals surface area contributed by atoms with Crippen LogP contribution in [0.15, 0.2) is 77.2 Å². The average Bonchev–Trinajstić information content (AvgIpc) is 3.25. The van der Waals surface area contributed by atoms with Crippen LogP contribution in [-0.4, -0.2) is 28.1 Å². The Labute approximate surface area is 182 Å². The van der Waals surface area contributed by atoms with Crippen molar-refractivity contribution >= 4 is 5.91 Å². The van der Waals surface area contributed by atoms with Gasteiger partial charge in [0.1, 0.15) is 0 Å². The second-order valence-electron chi connectivity index (χ2n) is 7.74. The highest BCUT2D eigenvalue weighted by Gasteiger charge is 2.19. The van der Waals surface area contributed by atoms with Crippen molar-refractivity contribution in [3.8, 4) is 22.6 Å². The minimum Gasteiger partial charge on any atom is -0.421 e. The zero-order valence-corrected chi connectivity index (χ0v) is 18.2. The van der Waals surface area contributed by atoms with Gasteiger partial charge in [0.25, 0.3) is 5.91 Å². The molecule has 1 atom stereocenters. The number of aromatic nitrogens is 2. The maximum Gasteiger partial charge on any atom is 0.254 e. The summed E-state index contributed by atoms with van der Waals surface area (Å²) >= 11 is 0. The first-order valence-electron chi connectivity index (χ1n) is 10.3. The van der Waals surface area contributed by atoms with Gasteiger partial charge in [0.05, 0.1) is 6.04 Å². The molecule has 0 saturated heterocycles. The van der Waals surface area contributed by atoms with E-state index >= 15 is 0 Å². The number of aryl methyl sites for hydroxylation is 2. The Morgan fingerprint density at radius 1 is 0.903 bits per heavy atom. The molecule has 31 heavy (non-hydrogen) atoms. The Kier molecular flexibility index (Phi) is 5.67. The van der Waals surface area contributed by atoms with Gasteiger partial charge in [0.15, 0.2) is 0 Å². The summed E-state index contributed by atoms with van der Waals surface area (Å²) < 4.78 is 5.56. The van der Waals surface area contributed by atoms with E-state index in [-0.39, 0.29) is 11.9 Å². The molecule has 156 valence electrons. The Balaban J connectivity index is 1.57. The van der Waals surface area contributed by atoms with Crippen molar-refractivity contribution in [2.75, 3.05) is 7.05 Å². The van der Waals surface area contributed by atoms with Crippen LogP contribution in [0.1, 0.15) is 40.3 Å². The van der Waals surface area contributed by atoms with E-state index in [1.54, 1.807) is 11.8 Å². The van der Waals surface area contributed by atoms with Gasteiger partial charge in [-0.25, -0.2) is 0 Å². The summed E-state index contributed by atoms with van der Waals surface area (Å²) in [7, 11) is 1.84. The summed E-state index contributed by atoms with van der Waals surface area (Å²) in [5, 5.41) is 8.02. The SMILES string of the molecule is Cc1nnc(-c2ccc(C)c(-c3ccc(C(=O)N(C)C(C)c4ccccc4)cc3)c2)o1. The molecule has 0 bridgehead atoms. The van der Waals surface area contributed by atoms with E-state index in [0.717, 1.165) is 27.8 Å². The number of benzene rings is 3. The highest BCUT2D eigenvalue weighted by atomic mass is 16.4. The Morgan fingerprint density at radius 2 is 1.58 bits per heavy atom. The molecule has 3 aromatic carbocycles. The van der Waals surface area contributed by atoms with Gasteiger partial charge in [0.2, 0.25) is 11.8 Å². The first kappa shape index (κ1) is 20.5. The van der Waals surface area contributed by atoms with Crippen LogP contribution >= 0.6 is 0 Å². The summed E-state index contributed by atoms with van der Waals surface area (Å²) in [6.45, 7) is 5.87. The number of carbonyl (C=O) groups excluding carboxylic acids is 1. The van der Waals surface area contributed by atoms with Crippen LogP contribution in [0.4, 0.5) is 0 Å². The fourth-order valence-electron chi connectivity index (χ4n) is 3.61. The summed E-state index contributed by atoms with van der Waals surface area (Å²) in [4.78, 5) is 14.8. The maximum absolute atomic E-state index is 13.0. The predicted octanol–water partition coefficient (Wildman–Crippen LogP) is 5.85. The molecular weight excluding hydrogens is 386 g/mol. The van der Waals surface area contributed by atoms with Gasteiger partial charge >= 0.3 is 0 Å². The summed E-state index contributed by atoms with van der Waals surface area (Å²) in [5.74, 6) is 1.03. The number of hydrogen-bond acceptors (Lipinski definition) is 4. The molecule has 1 aromatic heterocycles. The first-order chi connectivity index (χ1) is 14.9. The van der Waals surface area contributed by atoms with Crippen LogP contribution in [-0.2, 0) is 0 Å². The lowest BCUT2D eigenvalue weighted by Gasteiger charge is -2.25. The van der Waals surface area contributed by atoms with Gasteiger partial charge in [-0.2, -0.15) is 0 Å². The van der Waals surface area contributed by atoms with Crippen molar-refractivity contribution in [3.05, 3.63) is 95.4 Å². The molecular formula is C26H25N3O2. The number of hydrogen-bond donors (Lipinski definition) is 0. The molecule has 0 fully saturated rings. The fraction of sp³-hybridized carbons (Fsp3) is 0.192. The van der Waals surface area contributed by atoms with Gasteiger partial charge in [-0.1, -0.05) is 48.5 Å². The zero-order chi connectivity index (χ0) is 22.0. The van der Waals surface area contributed by atoms with Gasteiger partial charge in [-0.15, -0.1) is 10.2 Å². The third-order valence-corrected chi connectivity index (χ3v) is 5.64. The van der Waals surface area contributed by atoms with Crippen LogP contribution in [0.25, 0.3) is 22.6 Å². The quantitative estimate of drug-likeness (QED) is 0.413. The van der Waals surface area contributed by atoms with Crippen LogP contribution < -0.4 is 0 Å². The van der Waals surface area contributed by atoms with Crippen molar-refractivity contribution in [2.24, 2.45) is 0 Å². The van der Waals surface area contributed by atoms with E-state index in [9.17, 15) is 4.79 Å². The number of nitrogens with zero attached hydrogens (tertiary/aromatic N) is 3. The van der Waals surface area contributed by atoms with Gasteiger partial charge in [0, 0.05) is 25.1 Å². The van der Waals surface area contributed by atoms with E-state index in [0.29, 0.717) is 17.3 Å². The molecule has 1 amide bonds. The molecule has 1 heterocycles. The minimum absolute atomic E-state index is 0.00490. The van der Waals surface area contributed by atoms with E-state index in [2.05, 4.69) is 17.1 Å². The normalized spacial score (nSPS) is 11.9. The number of rotatable bonds is 5. The van der Waals surface area contributed by atoms with Gasteiger partial charge < -0.3 is 9.32 Å². The Morgan fingerprint density at radius 3 is 2.23 bits per heavy atom. The molecule has 0 N–H and O–H groups in total. The zero-order valence-electron chi connectivity index (χ0n) is 18.2. The molecule has 0 aliphatic heterocycles. The van der Waals surface area contributed by atoms with E-state index in [1.807, 2.05) is 86.8 Å². The third kappa shape index (κ3) is 4.26. The van der Waals surface area contributed by atoms with Gasteiger partial charge in [-0.3, -0.25) is 4.79 Å². The fourth-order valence-corrected chi connectivity index (χ4v) is 3.61. The molecule has 5 nitrogen and oxygen atoms in total. The summed E-state index contributed by atoms with van der Waals surface area (Å²) in [6.07, 6.45) is 0. The average molecular weight is 412 g/mol. The highest BCUT2D eigenvalue weighted by Crippen LogP contribution is 2.29. The summed E-state index contributed by atoms with van der Waals surface area (Å²) in [5.41, 5.74) is 5.88. The van der Waals surface area contributed by atoms with Crippen LogP contribution in [0.3, 0.4) is 0 Å². The van der Waals surface area contributed by atoms with E-state index in [1.165, 1.54) is 0 Å². The molecule has 4 rings (SSSR count). The second-order valence-corrected chi connectivity index (χ2v) is 7.74. The van der Waals surface area contributed by atoms with E-state index < -0.39 is 0 Å². The molecule has 0 spiro atoms. The van der Waals surface area contributed by atoms with Crippen LogP contribution in [0, 0.1) is 13.8 Å². The van der Waals surface area contributed by atoms with E-state index in [4.69, 9.17) is 4.42 Å². The lowest BCUT2D eigenvalue weighted by atomic mass is 9.97.